The largest absolute Gasteiger partial charge is 0.372 e. The van der Waals surface area contributed by atoms with E-state index >= 15 is 0 Å². The van der Waals surface area contributed by atoms with Gasteiger partial charge in [0.1, 0.15) is 0 Å². The summed E-state index contributed by atoms with van der Waals surface area (Å²) in [7, 11) is 6.07. The van der Waals surface area contributed by atoms with Crippen LogP contribution in [-0.4, -0.2) is 55.0 Å². The number of nitrogens with zero attached hydrogens (tertiary/aromatic N) is 4. The SMILES string of the molecule is C=CC(=O)Nc1cc(Nc2ncc3cccc(/C(C=C)=C/C)c3n2)ccc1N(C)CCN(C)C. The number of allylic oxidation sites excluding steroid dienone is 3. The topological polar surface area (TPSA) is 73.4 Å². The number of para-hydroxylation sites is 1. The summed E-state index contributed by atoms with van der Waals surface area (Å²) in [5.41, 5.74) is 5.20. The van der Waals surface area contributed by atoms with E-state index in [1.54, 1.807) is 6.20 Å². The second-order valence-corrected chi connectivity index (χ2v) is 8.16. The molecular formula is C27H32N6O. The average Bonchev–Trinajstić information content (AvgIpc) is 2.83. The van der Waals surface area contributed by atoms with Crippen molar-refractivity contribution >= 4 is 45.4 Å². The van der Waals surface area contributed by atoms with E-state index in [9.17, 15) is 4.79 Å². The summed E-state index contributed by atoms with van der Waals surface area (Å²) in [4.78, 5) is 25.6. The maximum atomic E-state index is 12.1. The number of amides is 1. The van der Waals surface area contributed by atoms with Crippen molar-refractivity contribution in [2.75, 3.05) is 49.8 Å². The van der Waals surface area contributed by atoms with E-state index in [0.717, 1.165) is 46.5 Å². The smallest absolute Gasteiger partial charge is 0.247 e. The molecule has 34 heavy (non-hydrogen) atoms. The molecule has 1 amide bonds. The third-order valence-corrected chi connectivity index (χ3v) is 5.44. The minimum absolute atomic E-state index is 0.269. The van der Waals surface area contributed by atoms with Crippen molar-refractivity contribution in [1.82, 2.24) is 14.9 Å². The third-order valence-electron chi connectivity index (χ3n) is 5.44. The lowest BCUT2D eigenvalue weighted by atomic mass is 10.0. The maximum absolute atomic E-state index is 12.1. The Morgan fingerprint density at radius 3 is 2.56 bits per heavy atom. The fraction of sp³-hybridized carbons (Fsp3) is 0.222. The molecule has 0 saturated carbocycles. The number of fused-ring (bicyclic) bond motifs is 1. The summed E-state index contributed by atoms with van der Waals surface area (Å²) in [5.74, 6) is 0.198. The molecule has 176 valence electrons. The van der Waals surface area contributed by atoms with Crippen molar-refractivity contribution in [1.29, 1.82) is 0 Å². The number of benzene rings is 2. The lowest BCUT2D eigenvalue weighted by Gasteiger charge is -2.24. The minimum atomic E-state index is -0.269. The van der Waals surface area contributed by atoms with E-state index in [1.165, 1.54) is 6.08 Å². The molecule has 0 saturated heterocycles. The molecule has 7 heteroatoms. The number of carbonyl (C=O) groups is 1. The van der Waals surface area contributed by atoms with Crippen molar-refractivity contribution in [2.45, 2.75) is 6.92 Å². The number of anilines is 4. The van der Waals surface area contributed by atoms with Gasteiger partial charge in [-0.05, 0) is 50.9 Å². The van der Waals surface area contributed by atoms with E-state index in [-0.39, 0.29) is 5.91 Å². The molecule has 0 radical (unpaired) electrons. The predicted octanol–water partition coefficient (Wildman–Crippen LogP) is 5.09. The van der Waals surface area contributed by atoms with Gasteiger partial charge in [-0.2, -0.15) is 0 Å². The van der Waals surface area contributed by atoms with Gasteiger partial charge >= 0.3 is 0 Å². The van der Waals surface area contributed by atoms with Crippen molar-refractivity contribution in [2.24, 2.45) is 0 Å². The lowest BCUT2D eigenvalue weighted by molar-refractivity contribution is -0.111. The molecule has 7 nitrogen and oxygen atoms in total. The minimum Gasteiger partial charge on any atom is -0.372 e. The number of nitrogens with one attached hydrogen (secondary N) is 2. The molecule has 0 atom stereocenters. The second-order valence-electron chi connectivity index (χ2n) is 8.16. The Morgan fingerprint density at radius 2 is 1.88 bits per heavy atom. The quantitative estimate of drug-likeness (QED) is 0.327. The van der Waals surface area contributed by atoms with Crippen LogP contribution in [0.2, 0.25) is 0 Å². The monoisotopic (exact) mass is 456 g/mol. The molecule has 1 heterocycles. The number of rotatable bonds is 10. The fourth-order valence-corrected chi connectivity index (χ4v) is 3.56. The number of hydrogen-bond donors (Lipinski definition) is 2. The van der Waals surface area contributed by atoms with Gasteiger partial charge in [0.25, 0.3) is 0 Å². The van der Waals surface area contributed by atoms with E-state index in [0.29, 0.717) is 11.6 Å². The number of likely N-dealkylation sites (N-methyl/N-ethyl adjacent to an activating group) is 2. The Bertz CT molecular complexity index is 1230. The van der Waals surface area contributed by atoms with Crippen LogP contribution in [0, 0.1) is 0 Å². The molecule has 2 aromatic carbocycles. The second kappa shape index (κ2) is 11.2. The van der Waals surface area contributed by atoms with Gasteiger partial charge in [0.15, 0.2) is 0 Å². The highest BCUT2D eigenvalue weighted by atomic mass is 16.1. The Labute approximate surface area is 201 Å². The van der Waals surface area contributed by atoms with E-state index < -0.39 is 0 Å². The van der Waals surface area contributed by atoms with Crippen LogP contribution in [0.5, 0.6) is 0 Å². The molecule has 0 spiro atoms. The van der Waals surface area contributed by atoms with Crippen molar-refractivity contribution in [3.63, 3.8) is 0 Å². The zero-order valence-corrected chi connectivity index (χ0v) is 20.3. The van der Waals surface area contributed by atoms with Crippen LogP contribution < -0.4 is 15.5 Å². The van der Waals surface area contributed by atoms with E-state index in [2.05, 4.69) is 38.6 Å². The summed E-state index contributed by atoms with van der Waals surface area (Å²) in [6.45, 7) is 11.2. The zero-order chi connectivity index (χ0) is 24.7. The van der Waals surface area contributed by atoms with Gasteiger partial charge < -0.3 is 20.4 Å². The van der Waals surface area contributed by atoms with Crippen LogP contribution in [0.15, 0.2) is 74.0 Å². The van der Waals surface area contributed by atoms with Crippen molar-refractivity contribution < 1.29 is 4.79 Å². The highest BCUT2D eigenvalue weighted by Gasteiger charge is 2.12. The highest BCUT2D eigenvalue weighted by Crippen LogP contribution is 2.30. The summed E-state index contributed by atoms with van der Waals surface area (Å²) in [6.07, 6.45) is 6.89. The van der Waals surface area contributed by atoms with Crippen LogP contribution >= 0.6 is 0 Å². The van der Waals surface area contributed by atoms with Gasteiger partial charge in [-0.25, -0.2) is 9.97 Å². The molecule has 0 unspecified atom stereocenters. The Hall–Kier alpha value is -3.97. The van der Waals surface area contributed by atoms with Crippen LogP contribution in [0.3, 0.4) is 0 Å². The molecule has 0 bridgehead atoms. The number of hydrogen-bond acceptors (Lipinski definition) is 6. The lowest BCUT2D eigenvalue weighted by Crippen LogP contribution is -2.29. The zero-order valence-electron chi connectivity index (χ0n) is 20.3. The molecule has 3 rings (SSSR count). The van der Waals surface area contributed by atoms with Gasteiger partial charge in [-0.15, -0.1) is 0 Å². The predicted molar refractivity (Wildman–Crippen MR) is 144 cm³/mol. The van der Waals surface area contributed by atoms with Crippen LogP contribution in [0.1, 0.15) is 12.5 Å². The van der Waals surface area contributed by atoms with Gasteiger partial charge in [-0.1, -0.05) is 43.5 Å². The van der Waals surface area contributed by atoms with Crippen LogP contribution in [0.25, 0.3) is 16.5 Å². The Morgan fingerprint density at radius 1 is 1.09 bits per heavy atom. The molecule has 3 aromatic rings. The summed E-state index contributed by atoms with van der Waals surface area (Å²) in [6, 6.07) is 11.8. The van der Waals surface area contributed by atoms with Crippen LogP contribution in [-0.2, 0) is 4.79 Å². The first-order valence-corrected chi connectivity index (χ1v) is 11.1. The first kappa shape index (κ1) is 24.7. The summed E-state index contributed by atoms with van der Waals surface area (Å²) >= 11 is 0. The molecule has 2 N–H and O–H groups in total. The van der Waals surface area contributed by atoms with Gasteiger partial charge in [0, 0.05) is 43.0 Å². The fourth-order valence-electron chi connectivity index (χ4n) is 3.56. The molecule has 1 aromatic heterocycles. The number of aromatic nitrogens is 2. The first-order chi connectivity index (χ1) is 16.4. The molecule has 0 aliphatic heterocycles. The van der Waals surface area contributed by atoms with E-state index in [4.69, 9.17) is 4.98 Å². The summed E-state index contributed by atoms with van der Waals surface area (Å²) in [5, 5.41) is 7.13. The Kier molecular flexibility index (Phi) is 8.16. The molecular weight excluding hydrogens is 424 g/mol. The average molecular weight is 457 g/mol. The molecule has 0 aliphatic rings. The normalized spacial score (nSPS) is 11.4. The maximum Gasteiger partial charge on any atom is 0.247 e. The van der Waals surface area contributed by atoms with Gasteiger partial charge in [0.2, 0.25) is 11.9 Å². The molecule has 0 fully saturated rings. The van der Waals surface area contributed by atoms with Crippen molar-refractivity contribution in [3.8, 4) is 0 Å². The van der Waals surface area contributed by atoms with E-state index in [1.807, 2.05) is 76.6 Å². The summed E-state index contributed by atoms with van der Waals surface area (Å²) < 4.78 is 0. The number of carbonyl (C=O) groups excluding carboxylic acids is 1. The van der Waals surface area contributed by atoms with Crippen molar-refractivity contribution in [3.05, 3.63) is 79.5 Å². The third kappa shape index (κ3) is 5.88. The standard InChI is InChI=1S/C27H32N6O/c1-7-19(8-2)22-12-10-11-20-18-28-27(31-26(20)22)29-21-13-14-24(33(6)16-15-32(4)5)23(17-21)30-25(34)9-3/h7-14,17-18H,1,3,15-16H2,2,4-6H3,(H,30,34)(H,28,29,31)/b19-8+. The molecule has 0 aliphatic carbocycles. The first-order valence-electron chi connectivity index (χ1n) is 11.1. The van der Waals surface area contributed by atoms with Crippen LogP contribution in [0.4, 0.5) is 23.0 Å². The van der Waals surface area contributed by atoms with Gasteiger partial charge in [0.05, 0.1) is 16.9 Å². The highest BCUT2D eigenvalue weighted by molar-refractivity contribution is 6.01. The Balaban J connectivity index is 1.96. The van der Waals surface area contributed by atoms with Gasteiger partial charge in [-0.3, -0.25) is 4.79 Å².